The lowest BCUT2D eigenvalue weighted by molar-refractivity contribution is 0.0115. The maximum absolute atomic E-state index is 12.8. The number of amides is 2. The van der Waals surface area contributed by atoms with Crippen LogP contribution in [-0.2, 0) is 4.74 Å². The Labute approximate surface area is 166 Å². The van der Waals surface area contributed by atoms with Crippen molar-refractivity contribution in [1.29, 1.82) is 0 Å². The molecule has 6 heteroatoms. The summed E-state index contributed by atoms with van der Waals surface area (Å²) in [7, 11) is 1.60. The Kier molecular flexibility index (Phi) is 7.14. The second kappa shape index (κ2) is 9.99. The number of urea groups is 1. The largest absolute Gasteiger partial charge is 0.493 e. The predicted octanol–water partition coefficient (Wildman–Crippen LogP) is 4.91. The fourth-order valence-corrected chi connectivity index (χ4v) is 3.22. The zero-order valence-electron chi connectivity index (χ0n) is 16.5. The monoisotopic (exact) mass is 384 g/mol. The quantitative estimate of drug-likeness (QED) is 0.737. The highest BCUT2D eigenvalue weighted by atomic mass is 16.5. The summed E-state index contributed by atoms with van der Waals surface area (Å²) < 4.78 is 17.2. The lowest BCUT2D eigenvalue weighted by atomic mass is 10.1. The highest BCUT2D eigenvalue weighted by Crippen LogP contribution is 2.35. The van der Waals surface area contributed by atoms with Crippen molar-refractivity contribution < 1.29 is 19.0 Å². The Morgan fingerprint density at radius 3 is 2.57 bits per heavy atom. The van der Waals surface area contributed by atoms with Crippen LogP contribution >= 0.6 is 0 Å². The molecule has 0 radical (unpaired) electrons. The predicted molar refractivity (Wildman–Crippen MR) is 109 cm³/mol. The number of para-hydroxylation sites is 4. The standard InChI is InChI=1S/C22H28N2O4/c1-3-15-27-17-9-8-14-24(16-17)22(25)23-18-10-4-5-11-19(18)28-21-13-7-6-12-20(21)26-2/h4-7,10-13,17H,3,8-9,14-16H2,1-2H3,(H,23,25)/t17-/m0/s1. The molecule has 1 atom stereocenters. The molecule has 150 valence electrons. The molecule has 0 aromatic heterocycles. The molecule has 28 heavy (non-hydrogen) atoms. The third kappa shape index (κ3) is 5.16. The van der Waals surface area contributed by atoms with Gasteiger partial charge in [-0.2, -0.15) is 0 Å². The van der Waals surface area contributed by atoms with E-state index in [2.05, 4.69) is 12.2 Å². The van der Waals surface area contributed by atoms with Gasteiger partial charge in [-0.05, 0) is 43.5 Å². The molecule has 1 fully saturated rings. The molecule has 1 heterocycles. The van der Waals surface area contributed by atoms with Crippen molar-refractivity contribution in [2.45, 2.75) is 32.3 Å². The molecule has 0 bridgehead atoms. The zero-order chi connectivity index (χ0) is 19.8. The Balaban J connectivity index is 1.68. The summed E-state index contributed by atoms with van der Waals surface area (Å²) in [5, 5.41) is 2.98. The number of rotatable bonds is 7. The van der Waals surface area contributed by atoms with E-state index in [-0.39, 0.29) is 12.1 Å². The number of methoxy groups -OCH3 is 1. The summed E-state index contributed by atoms with van der Waals surface area (Å²) in [6.07, 6.45) is 3.04. The van der Waals surface area contributed by atoms with Gasteiger partial charge >= 0.3 is 6.03 Å². The van der Waals surface area contributed by atoms with E-state index in [1.165, 1.54) is 0 Å². The van der Waals surface area contributed by atoms with Gasteiger partial charge in [-0.15, -0.1) is 0 Å². The molecule has 0 unspecified atom stereocenters. The zero-order valence-corrected chi connectivity index (χ0v) is 16.5. The van der Waals surface area contributed by atoms with Gasteiger partial charge in [-0.25, -0.2) is 4.79 Å². The van der Waals surface area contributed by atoms with E-state index in [4.69, 9.17) is 14.2 Å². The van der Waals surface area contributed by atoms with Crippen LogP contribution in [0.25, 0.3) is 0 Å². The minimum absolute atomic E-state index is 0.111. The minimum atomic E-state index is -0.138. The lowest BCUT2D eigenvalue weighted by Gasteiger charge is -2.32. The fourth-order valence-electron chi connectivity index (χ4n) is 3.22. The fraction of sp³-hybridized carbons (Fsp3) is 0.409. The highest BCUT2D eigenvalue weighted by molar-refractivity contribution is 5.91. The third-order valence-corrected chi connectivity index (χ3v) is 4.64. The maximum Gasteiger partial charge on any atom is 0.322 e. The van der Waals surface area contributed by atoms with Crippen LogP contribution in [0, 0.1) is 0 Å². The average molecular weight is 384 g/mol. The normalized spacial score (nSPS) is 16.5. The highest BCUT2D eigenvalue weighted by Gasteiger charge is 2.24. The summed E-state index contributed by atoms with van der Waals surface area (Å²) in [6.45, 7) is 4.16. The Morgan fingerprint density at radius 1 is 1.11 bits per heavy atom. The van der Waals surface area contributed by atoms with E-state index in [9.17, 15) is 4.79 Å². The van der Waals surface area contributed by atoms with E-state index < -0.39 is 0 Å². The Bertz CT molecular complexity index is 781. The first-order chi connectivity index (χ1) is 13.7. The number of likely N-dealkylation sites (tertiary alicyclic amines) is 1. The summed E-state index contributed by atoms with van der Waals surface area (Å²) in [4.78, 5) is 14.6. The van der Waals surface area contributed by atoms with Crippen LogP contribution in [0.3, 0.4) is 0 Å². The van der Waals surface area contributed by atoms with Crippen molar-refractivity contribution in [2.75, 3.05) is 32.1 Å². The smallest absolute Gasteiger partial charge is 0.322 e. The number of hydrogen-bond donors (Lipinski definition) is 1. The van der Waals surface area contributed by atoms with E-state index in [0.717, 1.165) is 32.4 Å². The van der Waals surface area contributed by atoms with Crippen LogP contribution in [0.5, 0.6) is 17.2 Å². The molecule has 2 aromatic carbocycles. The molecule has 0 aliphatic carbocycles. The van der Waals surface area contributed by atoms with Gasteiger partial charge in [0.1, 0.15) is 0 Å². The van der Waals surface area contributed by atoms with Gasteiger partial charge < -0.3 is 24.4 Å². The first-order valence-electron chi connectivity index (χ1n) is 9.78. The molecule has 2 amide bonds. The van der Waals surface area contributed by atoms with Gasteiger partial charge in [0.05, 0.1) is 18.9 Å². The number of hydrogen-bond acceptors (Lipinski definition) is 4. The van der Waals surface area contributed by atoms with E-state index >= 15 is 0 Å². The number of benzene rings is 2. The van der Waals surface area contributed by atoms with Crippen LogP contribution in [0.4, 0.5) is 10.5 Å². The van der Waals surface area contributed by atoms with Gasteiger partial charge in [-0.3, -0.25) is 0 Å². The lowest BCUT2D eigenvalue weighted by Crippen LogP contribution is -2.45. The number of carbonyl (C=O) groups excluding carboxylic acids is 1. The van der Waals surface area contributed by atoms with Crippen LogP contribution < -0.4 is 14.8 Å². The summed E-state index contributed by atoms with van der Waals surface area (Å²) >= 11 is 0. The third-order valence-electron chi connectivity index (χ3n) is 4.64. The Hall–Kier alpha value is -2.73. The maximum atomic E-state index is 12.8. The van der Waals surface area contributed by atoms with Crippen LogP contribution in [0.15, 0.2) is 48.5 Å². The molecule has 0 saturated carbocycles. The van der Waals surface area contributed by atoms with Crippen molar-refractivity contribution in [2.24, 2.45) is 0 Å². The molecule has 1 aliphatic rings. The minimum Gasteiger partial charge on any atom is -0.493 e. The average Bonchev–Trinajstić information content (AvgIpc) is 2.74. The summed E-state index contributed by atoms with van der Waals surface area (Å²) in [5.74, 6) is 1.80. The molecule has 1 N–H and O–H groups in total. The second-order valence-corrected chi connectivity index (χ2v) is 6.76. The number of nitrogens with one attached hydrogen (secondary N) is 1. The van der Waals surface area contributed by atoms with E-state index in [1.54, 1.807) is 7.11 Å². The van der Waals surface area contributed by atoms with Crippen LogP contribution in [0.2, 0.25) is 0 Å². The Morgan fingerprint density at radius 2 is 1.82 bits per heavy atom. The van der Waals surface area contributed by atoms with E-state index in [0.29, 0.717) is 29.5 Å². The van der Waals surface area contributed by atoms with Crippen molar-refractivity contribution in [3.05, 3.63) is 48.5 Å². The van der Waals surface area contributed by atoms with E-state index in [1.807, 2.05) is 53.4 Å². The van der Waals surface area contributed by atoms with Crippen molar-refractivity contribution in [3.8, 4) is 17.2 Å². The van der Waals surface area contributed by atoms with Crippen LogP contribution in [0.1, 0.15) is 26.2 Å². The number of ether oxygens (including phenoxy) is 3. The number of nitrogens with zero attached hydrogens (tertiary/aromatic N) is 1. The first kappa shape index (κ1) is 20.0. The first-order valence-corrected chi connectivity index (χ1v) is 9.78. The van der Waals surface area contributed by atoms with Gasteiger partial charge in [0.2, 0.25) is 0 Å². The molecular formula is C22H28N2O4. The van der Waals surface area contributed by atoms with Crippen molar-refractivity contribution in [3.63, 3.8) is 0 Å². The molecule has 0 spiro atoms. The second-order valence-electron chi connectivity index (χ2n) is 6.76. The molecule has 3 rings (SSSR count). The number of piperidine rings is 1. The SMILES string of the molecule is CCCO[C@H]1CCCN(C(=O)Nc2ccccc2Oc2ccccc2OC)C1. The molecule has 6 nitrogen and oxygen atoms in total. The number of carbonyl (C=O) groups is 1. The molecule has 2 aromatic rings. The van der Waals surface area contributed by atoms with Gasteiger partial charge in [0.25, 0.3) is 0 Å². The summed E-state index contributed by atoms with van der Waals surface area (Å²) in [5.41, 5.74) is 0.620. The topological polar surface area (TPSA) is 60.0 Å². The number of anilines is 1. The van der Waals surface area contributed by atoms with Crippen LogP contribution in [-0.4, -0.2) is 43.8 Å². The van der Waals surface area contributed by atoms with Crippen molar-refractivity contribution in [1.82, 2.24) is 4.90 Å². The van der Waals surface area contributed by atoms with Gasteiger partial charge in [0.15, 0.2) is 17.2 Å². The van der Waals surface area contributed by atoms with Gasteiger partial charge in [-0.1, -0.05) is 31.2 Å². The summed E-state index contributed by atoms with van der Waals surface area (Å²) in [6, 6.07) is 14.7. The molecule has 1 saturated heterocycles. The van der Waals surface area contributed by atoms with Gasteiger partial charge in [0, 0.05) is 19.7 Å². The molecular weight excluding hydrogens is 356 g/mol. The van der Waals surface area contributed by atoms with Crippen molar-refractivity contribution >= 4 is 11.7 Å². The molecule has 1 aliphatic heterocycles.